The summed E-state index contributed by atoms with van der Waals surface area (Å²) in [7, 11) is 0. The molecule has 0 spiro atoms. The van der Waals surface area contributed by atoms with Gasteiger partial charge >= 0.3 is 0 Å². The quantitative estimate of drug-likeness (QED) is 0.350. The normalized spacial score (nSPS) is 16.3. The summed E-state index contributed by atoms with van der Waals surface area (Å²) >= 11 is 0. The van der Waals surface area contributed by atoms with E-state index in [4.69, 9.17) is 15.2 Å². The van der Waals surface area contributed by atoms with Gasteiger partial charge in [0.25, 0.3) is 0 Å². The van der Waals surface area contributed by atoms with E-state index in [1.165, 1.54) is 5.56 Å². The minimum absolute atomic E-state index is 0. The summed E-state index contributed by atoms with van der Waals surface area (Å²) in [6, 6.07) is 18.3. The summed E-state index contributed by atoms with van der Waals surface area (Å²) in [4.78, 5) is 4.66. The Morgan fingerprint density at radius 3 is 2.36 bits per heavy atom. The molecule has 0 unspecified atom stereocenters. The summed E-state index contributed by atoms with van der Waals surface area (Å²) in [6.45, 7) is 6.18. The zero-order chi connectivity index (χ0) is 19.1. The molecule has 2 aromatic rings. The van der Waals surface area contributed by atoms with Crippen molar-refractivity contribution in [1.29, 1.82) is 0 Å². The fourth-order valence-corrected chi connectivity index (χ4v) is 3.40. The lowest BCUT2D eigenvalue weighted by Crippen LogP contribution is -2.38. The molecular formula is C22H30IN3O2. The third-order valence-electron chi connectivity index (χ3n) is 4.89. The molecule has 0 atom stereocenters. The van der Waals surface area contributed by atoms with Crippen molar-refractivity contribution in [3.05, 3.63) is 60.2 Å². The Morgan fingerprint density at radius 2 is 1.75 bits per heavy atom. The second-order valence-corrected chi connectivity index (χ2v) is 7.28. The molecule has 3 rings (SSSR count). The van der Waals surface area contributed by atoms with Crippen LogP contribution in [0.4, 0.5) is 5.69 Å². The zero-order valence-electron chi connectivity index (χ0n) is 16.6. The number of nitrogens with one attached hydrogen (secondary N) is 1. The lowest BCUT2D eigenvalue weighted by atomic mass is 9.74. The predicted molar refractivity (Wildman–Crippen MR) is 126 cm³/mol. The highest BCUT2D eigenvalue weighted by molar-refractivity contribution is 14.0. The number of aliphatic imine (C=N–C) groups is 1. The largest absolute Gasteiger partial charge is 0.491 e. The highest BCUT2D eigenvalue weighted by Crippen LogP contribution is 2.35. The highest BCUT2D eigenvalue weighted by Gasteiger charge is 2.34. The van der Waals surface area contributed by atoms with Gasteiger partial charge in [-0.1, -0.05) is 30.3 Å². The summed E-state index contributed by atoms with van der Waals surface area (Å²) in [5.74, 6) is 1.27. The van der Waals surface area contributed by atoms with Crippen LogP contribution in [0.5, 0.6) is 5.75 Å². The standard InChI is InChI=1S/C22H29N3O2.HI/c1-17(2)27-20-10-8-19(9-11-20)25-21(23)24-16-22(12-14-26-15-13-22)18-6-4-3-5-7-18;/h3-11,17H,12-16H2,1-2H3,(H3,23,24,25);1H. The minimum Gasteiger partial charge on any atom is -0.491 e. The van der Waals surface area contributed by atoms with Gasteiger partial charge in [0.1, 0.15) is 5.75 Å². The molecule has 152 valence electrons. The highest BCUT2D eigenvalue weighted by atomic mass is 127. The number of halogens is 1. The number of hydrogen-bond acceptors (Lipinski definition) is 3. The number of anilines is 1. The van der Waals surface area contributed by atoms with E-state index in [1.807, 2.05) is 44.2 Å². The number of benzene rings is 2. The van der Waals surface area contributed by atoms with Crippen LogP contribution in [0.25, 0.3) is 0 Å². The molecule has 0 aliphatic carbocycles. The molecule has 1 heterocycles. The van der Waals surface area contributed by atoms with E-state index in [0.29, 0.717) is 12.5 Å². The van der Waals surface area contributed by atoms with Gasteiger partial charge < -0.3 is 20.5 Å². The molecular weight excluding hydrogens is 465 g/mol. The maximum Gasteiger partial charge on any atom is 0.193 e. The van der Waals surface area contributed by atoms with Crippen LogP contribution >= 0.6 is 24.0 Å². The van der Waals surface area contributed by atoms with Crippen molar-refractivity contribution in [1.82, 2.24) is 0 Å². The van der Waals surface area contributed by atoms with Crippen LogP contribution in [0.1, 0.15) is 32.3 Å². The van der Waals surface area contributed by atoms with Crippen molar-refractivity contribution >= 4 is 35.6 Å². The Balaban J connectivity index is 0.00000280. The van der Waals surface area contributed by atoms with Crippen molar-refractivity contribution in [2.75, 3.05) is 25.1 Å². The molecule has 28 heavy (non-hydrogen) atoms. The van der Waals surface area contributed by atoms with Gasteiger partial charge in [-0.25, -0.2) is 0 Å². The van der Waals surface area contributed by atoms with Crippen LogP contribution in [0.3, 0.4) is 0 Å². The number of ether oxygens (including phenoxy) is 2. The third-order valence-corrected chi connectivity index (χ3v) is 4.89. The maximum absolute atomic E-state index is 6.16. The summed E-state index contributed by atoms with van der Waals surface area (Å²) in [5, 5.41) is 3.17. The van der Waals surface area contributed by atoms with Gasteiger partial charge in [-0.05, 0) is 56.5 Å². The monoisotopic (exact) mass is 495 g/mol. The Bertz CT molecular complexity index is 742. The summed E-state index contributed by atoms with van der Waals surface area (Å²) in [5.41, 5.74) is 8.34. The number of rotatable bonds is 6. The smallest absolute Gasteiger partial charge is 0.193 e. The Labute approximate surface area is 184 Å². The first-order chi connectivity index (χ1) is 13.1. The molecule has 0 amide bonds. The van der Waals surface area contributed by atoms with Crippen molar-refractivity contribution in [3.63, 3.8) is 0 Å². The second-order valence-electron chi connectivity index (χ2n) is 7.28. The fraction of sp³-hybridized carbons (Fsp3) is 0.409. The van der Waals surface area contributed by atoms with E-state index >= 15 is 0 Å². The third kappa shape index (κ3) is 6.10. The number of nitrogens with two attached hydrogens (primary N) is 1. The SMILES string of the molecule is CC(C)Oc1ccc(NC(N)=NCC2(c3ccccc3)CCOCC2)cc1.I. The topological polar surface area (TPSA) is 68.9 Å². The van der Waals surface area contributed by atoms with Crippen LogP contribution in [-0.4, -0.2) is 31.8 Å². The number of guanidine groups is 1. The molecule has 2 aromatic carbocycles. The zero-order valence-corrected chi connectivity index (χ0v) is 18.9. The molecule has 1 saturated heterocycles. The molecule has 0 saturated carbocycles. The van der Waals surface area contributed by atoms with Gasteiger partial charge in [0.2, 0.25) is 0 Å². The van der Waals surface area contributed by atoms with Gasteiger partial charge in [-0.3, -0.25) is 4.99 Å². The Kier molecular flexibility index (Phi) is 8.57. The van der Waals surface area contributed by atoms with E-state index < -0.39 is 0 Å². The van der Waals surface area contributed by atoms with Gasteiger partial charge in [0.15, 0.2) is 5.96 Å². The average molecular weight is 495 g/mol. The fourth-order valence-electron chi connectivity index (χ4n) is 3.40. The average Bonchev–Trinajstić information content (AvgIpc) is 2.69. The first-order valence-electron chi connectivity index (χ1n) is 9.54. The van der Waals surface area contributed by atoms with Crippen LogP contribution in [0, 0.1) is 0 Å². The lowest BCUT2D eigenvalue weighted by Gasteiger charge is -2.36. The molecule has 6 heteroatoms. The molecule has 1 fully saturated rings. The van der Waals surface area contributed by atoms with Crippen LogP contribution in [0.2, 0.25) is 0 Å². The molecule has 1 aliphatic heterocycles. The first kappa shape index (κ1) is 22.5. The maximum atomic E-state index is 6.16. The number of nitrogens with zero attached hydrogens (tertiary/aromatic N) is 1. The van der Waals surface area contributed by atoms with E-state index in [-0.39, 0.29) is 35.5 Å². The molecule has 0 aromatic heterocycles. The van der Waals surface area contributed by atoms with E-state index in [0.717, 1.165) is 37.5 Å². The minimum atomic E-state index is -0.0131. The van der Waals surface area contributed by atoms with Gasteiger partial charge in [0, 0.05) is 24.3 Å². The van der Waals surface area contributed by atoms with Crippen molar-refractivity contribution in [2.24, 2.45) is 10.7 Å². The van der Waals surface area contributed by atoms with E-state index in [2.05, 4.69) is 34.6 Å². The molecule has 5 nitrogen and oxygen atoms in total. The van der Waals surface area contributed by atoms with Crippen molar-refractivity contribution in [3.8, 4) is 5.75 Å². The van der Waals surface area contributed by atoms with Gasteiger partial charge in [-0.15, -0.1) is 24.0 Å². The van der Waals surface area contributed by atoms with Gasteiger partial charge in [0.05, 0.1) is 12.6 Å². The van der Waals surface area contributed by atoms with Crippen LogP contribution in [-0.2, 0) is 10.2 Å². The molecule has 1 aliphatic rings. The van der Waals surface area contributed by atoms with E-state index in [1.54, 1.807) is 0 Å². The molecule has 3 N–H and O–H groups in total. The predicted octanol–water partition coefficient (Wildman–Crippen LogP) is 4.57. The van der Waals surface area contributed by atoms with E-state index in [9.17, 15) is 0 Å². The lowest BCUT2D eigenvalue weighted by molar-refractivity contribution is 0.0531. The Hall–Kier alpha value is -1.80. The Morgan fingerprint density at radius 1 is 1.11 bits per heavy atom. The molecule has 0 bridgehead atoms. The first-order valence-corrected chi connectivity index (χ1v) is 9.54. The van der Waals surface area contributed by atoms with Crippen LogP contribution in [0.15, 0.2) is 59.6 Å². The number of hydrogen-bond donors (Lipinski definition) is 2. The molecule has 0 radical (unpaired) electrons. The van der Waals surface area contributed by atoms with Crippen molar-refractivity contribution < 1.29 is 9.47 Å². The van der Waals surface area contributed by atoms with Crippen LogP contribution < -0.4 is 15.8 Å². The second kappa shape index (κ2) is 10.7. The summed E-state index contributed by atoms with van der Waals surface area (Å²) in [6.07, 6.45) is 2.06. The summed E-state index contributed by atoms with van der Waals surface area (Å²) < 4.78 is 11.2. The van der Waals surface area contributed by atoms with Gasteiger partial charge in [-0.2, -0.15) is 0 Å². The van der Waals surface area contributed by atoms with Crippen molar-refractivity contribution in [2.45, 2.75) is 38.2 Å².